The molecule has 3 nitrogen and oxygen atoms in total. The first-order chi connectivity index (χ1) is 8.61. The minimum Gasteiger partial charge on any atom is -0.375 e. The molecule has 0 spiro atoms. The Morgan fingerprint density at radius 1 is 1.39 bits per heavy atom. The number of nitrogens with one attached hydrogen (secondary N) is 1. The molecule has 1 aromatic rings. The van der Waals surface area contributed by atoms with E-state index in [2.05, 4.69) is 49.2 Å². The molecule has 0 bridgehead atoms. The van der Waals surface area contributed by atoms with Crippen molar-refractivity contribution in [3.05, 3.63) is 29.3 Å². The number of nitrogens with zero attached hydrogens (tertiary/aromatic N) is 1. The van der Waals surface area contributed by atoms with Crippen LogP contribution in [0.1, 0.15) is 25.0 Å². The maximum Gasteiger partial charge on any atom is 0.0723 e. The van der Waals surface area contributed by atoms with Gasteiger partial charge in [0.15, 0.2) is 0 Å². The molecule has 100 valence electrons. The molecule has 1 aliphatic rings. The van der Waals surface area contributed by atoms with Crippen molar-refractivity contribution in [1.29, 1.82) is 0 Å². The Balaban J connectivity index is 2.30. The number of benzene rings is 1. The monoisotopic (exact) mass is 248 g/mol. The summed E-state index contributed by atoms with van der Waals surface area (Å²) in [6.45, 7) is 9.22. The highest BCUT2D eigenvalue weighted by Gasteiger charge is 2.25. The highest BCUT2D eigenvalue weighted by atomic mass is 16.5. The van der Waals surface area contributed by atoms with E-state index in [4.69, 9.17) is 4.74 Å². The zero-order chi connectivity index (χ0) is 13.1. The van der Waals surface area contributed by atoms with E-state index >= 15 is 0 Å². The van der Waals surface area contributed by atoms with Crippen LogP contribution in [0.25, 0.3) is 0 Å². The molecule has 0 aliphatic carbocycles. The summed E-state index contributed by atoms with van der Waals surface area (Å²) in [5.74, 6) is 0. The quantitative estimate of drug-likeness (QED) is 0.888. The Morgan fingerprint density at radius 3 is 2.89 bits per heavy atom. The topological polar surface area (TPSA) is 24.5 Å². The molecule has 2 unspecified atom stereocenters. The van der Waals surface area contributed by atoms with E-state index in [0.29, 0.717) is 12.1 Å². The van der Waals surface area contributed by atoms with Crippen LogP contribution in [0.5, 0.6) is 0 Å². The number of aryl methyl sites for hydroxylation is 1. The van der Waals surface area contributed by atoms with Crippen LogP contribution in [0.15, 0.2) is 18.2 Å². The van der Waals surface area contributed by atoms with Crippen molar-refractivity contribution < 1.29 is 4.74 Å². The van der Waals surface area contributed by atoms with E-state index in [1.54, 1.807) is 0 Å². The Hall–Kier alpha value is -1.06. The molecular formula is C15H24N2O. The lowest BCUT2D eigenvalue weighted by molar-refractivity contribution is 0.0343. The Morgan fingerprint density at radius 2 is 2.17 bits per heavy atom. The molecule has 2 atom stereocenters. The van der Waals surface area contributed by atoms with Gasteiger partial charge in [0, 0.05) is 24.8 Å². The van der Waals surface area contributed by atoms with Crippen LogP contribution in [-0.2, 0) is 11.3 Å². The predicted molar refractivity (Wildman–Crippen MR) is 76.2 cm³/mol. The zero-order valence-corrected chi connectivity index (χ0v) is 11.9. The van der Waals surface area contributed by atoms with Crippen LogP contribution >= 0.6 is 0 Å². The smallest absolute Gasteiger partial charge is 0.0723 e. The molecule has 1 fully saturated rings. The normalized spacial score (nSPS) is 24.3. The fraction of sp³-hybridized carbons (Fsp3) is 0.600. The first-order valence-electron chi connectivity index (χ1n) is 6.74. The Labute approximate surface area is 110 Å². The van der Waals surface area contributed by atoms with E-state index < -0.39 is 0 Å². The fourth-order valence-corrected chi connectivity index (χ4v) is 2.57. The SMILES string of the molecule is CNCc1cc(C)ccc1N1CC(C)OCC1C. The molecule has 1 N–H and O–H groups in total. The summed E-state index contributed by atoms with van der Waals surface area (Å²) < 4.78 is 5.71. The maximum atomic E-state index is 5.71. The van der Waals surface area contributed by atoms with Crippen molar-refractivity contribution in [1.82, 2.24) is 5.32 Å². The molecule has 2 rings (SSSR count). The average molecular weight is 248 g/mol. The number of morpholine rings is 1. The Kier molecular flexibility index (Phi) is 4.25. The fourth-order valence-electron chi connectivity index (χ4n) is 2.57. The lowest BCUT2D eigenvalue weighted by Crippen LogP contribution is -2.47. The third kappa shape index (κ3) is 2.85. The number of hydrogen-bond acceptors (Lipinski definition) is 3. The van der Waals surface area contributed by atoms with Gasteiger partial charge in [-0.15, -0.1) is 0 Å². The van der Waals surface area contributed by atoms with Gasteiger partial charge >= 0.3 is 0 Å². The predicted octanol–water partition coefficient (Wildman–Crippen LogP) is 2.33. The summed E-state index contributed by atoms with van der Waals surface area (Å²) in [7, 11) is 2.00. The summed E-state index contributed by atoms with van der Waals surface area (Å²) in [4.78, 5) is 2.47. The molecule has 1 heterocycles. The largest absolute Gasteiger partial charge is 0.375 e. The van der Waals surface area contributed by atoms with Crippen molar-refractivity contribution in [2.45, 2.75) is 39.5 Å². The summed E-state index contributed by atoms with van der Waals surface area (Å²) in [6.07, 6.45) is 0.310. The third-order valence-electron chi connectivity index (χ3n) is 3.52. The van der Waals surface area contributed by atoms with Gasteiger partial charge in [0.25, 0.3) is 0 Å². The van der Waals surface area contributed by atoms with Crippen LogP contribution in [0.4, 0.5) is 5.69 Å². The molecule has 1 aromatic carbocycles. The first-order valence-corrected chi connectivity index (χ1v) is 6.74. The summed E-state index contributed by atoms with van der Waals surface area (Å²) >= 11 is 0. The van der Waals surface area contributed by atoms with Crippen LogP contribution in [0, 0.1) is 6.92 Å². The van der Waals surface area contributed by atoms with Crippen LogP contribution < -0.4 is 10.2 Å². The van der Waals surface area contributed by atoms with Crippen molar-refractivity contribution in [2.75, 3.05) is 25.1 Å². The van der Waals surface area contributed by atoms with Crippen LogP contribution in [0.2, 0.25) is 0 Å². The highest BCUT2D eigenvalue weighted by molar-refractivity contribution is 5.56. The molecule has 0 aromatic heterocycles. The van der Waals surface area contributed by atoms with E-state index in [9.17, 15) is 0 Å². The molecular weight excluding hydrogens is 224 g/mol. The molecule has 1 aliphatic heterocycles. The minimum absolute atomic E-state index is 0.310. The Bertz CT molecular complexity index is 405. The lowest BCUT2D eigenvalue weighted by atomic mass is 10.1. The number of anilines is 1. The summed E-state index contributed by atoms with van der Waals surface area (Å²) in [6, 6.07) is 7.16. The van der Waals surface area contributed by atoms with E-state index in [1.165, 1.54) is 16.8 Å². The third-order valence-corrected chi connectivity index (χ3v) is 3.52. The van der Waals surface area contributed by atoms with Crippen LogP contribution in [0.3, 0.4) is 0 Å². The number of hydrogen-bond donors (Lipinski definition) is 1. The van der Waals surface area contributed by atoms with Crippen molar-refractivity contribution >= 4 is 5.69 Å². The number of rotatable bonds is 3. The van der Waals surface area contributed by atoms with E-state index in [0.717, 1.165) is 19.7 Å². The van der Waals surface area contributed by atoms with Crippen molar-refractivity contribution in [3.8, 4) is 0 Å². The van der Waals surface area contributed by atoms with Gasteiger partial charge in [0.1, 0.15) is 0 Å². The second kappa shape index (κ2) is 5.72. The highest BCUT2D eigenvalue weighted by Crippen LogP contribution is 2.26. The van der Waals surface area contributed by atoms with Gasteiger partial charge in [-0.05, 0) is 39.4 Å². The lowest BCUT2D eigenvalue weighted by Gasteiger charge is -2.39. The van der Waals surface area contributed by atoms with E-state index in [-0.39, 0.29) is 0 Å². The molecule has 3 heteroatoms. The zero-order valence-electron chi connectivity index (χ0n) is 11.9. The van der Waals surface area contributed by atoms with Gasteiger partial charge in [0.05, 0.1) is 12.7 Å². The standard InChI is InChI=1S/C15H24N2O/c1-11-5-6-15(14(7-11)8-16-4)17-9-13(3)18-10-12(17)2/h5-7,12-13,16H,8-10H2,1-4H3. The molecule has 0 radical (unpaired) electrons. The summed E-state index contributed by atoms with van der Waals surface area (Å²) in [5, 5.41) is 3.26. The van der Waals surface area contributed by atoms with Gasteiger partial charge < -0.3 is 15.0 Å². The van der Waals surface area contributed by atoms with Crippen LogP contribution in [-0.4, -0.2) is 32.3 Å². The number of ether oxygens (including phenoxy) is 1. The average Bonchev–Trinajstić information content (AvgIpc) is 2.33. The summed E-state index contributed by atoms with van der Waals surface area (Å²) in [5.41, 5.74) is 4.04. The second-order valence-corrected chi connectivity index (χ2v) is 5.31. The molecule has 0 amide bonds. The first kappa shape index (κ1) is 13.4. The van der Waals surface area contributed by atoms with Crippen molar-refractivity contribution in [3.63, 3.8) is 0 Å². The maximum absolute atomic E-state index is 5.71. The van der Waals surface area contributed by atoms with Gasteiger partial charge in [-0.25, -0.2) is 0 Å². The van der Waals surface area contributed by atoms with E-state index in [1.807, 2.05) is 7.05 Å². The molecule has 18 heavy (non-hydrogen) atoms. The van der Waals surface area contributed by atoms with Crippen molar-refractivity contribution in [2.24, 2.45) is 0 Å². The van der Waals surface area contributed by atoms with Gasteiger partial charge in [-0.1, -0.05) is 17.7 Å². The minimum atomic E-state index is 0.310. The van der Waals surface area contributed by atoms with Gasteiger partial charge in [-0.2, -0.15) is 0 Å². The molecule has 1 saturated heterocycles. The van der Waals surface area contributed by atoms with Gasteiger partial charge in [-0.3, -0.25) is 0 Å². The molecule has 0 saturated carbocycles. The second-order valence-electron chi connectivity index (χ2n) is 5.31. The van der Waals surface area contributed by atoms with Gasteiger partial charge in [0.2, 0.25) is 0 Å².